The van der Waals surface area contributed by atoms with E-state index in [4.69, 9.17) is 11.6 Å². The van der Waals surface area contributed by atoms with E-state index in [1.807, 2.05) is 31.2 Å². The van der Waals surface area contributed by atoms with Crippen LogP contribution in [0.5, 0.6) is 0 Å². The standard InChI is InChI=1S/C13H9BrClN3/c1-7-2-8(4-10(15)3-7)12-17-11-5-9(14)6-16-13(11)18-12/h2-6H,1H3,(H,16,17,18). The highest BCUT2D eigenvalue weighted by Gasteiger charge is 2.07. The lowest BCUT2D eigenvalue weighted by molar-refractivity contribution is 1.29. The second kappa shape index (κ2) is 4.37. The molecule has 0 aliphatic heterocycles. The van der Waals surface area contributed by atoms with Crippen molar-refractivity contribution in [3.05, 3.63) is 45.5 Å². The Kier molecular flexibility index (Phi) is 2.84. The van der Waals surface area contributed by atoms with Gasteiger partial charge >= 0.3 is 0 Å². The van der Waals surface area contributed by atoms with Gasteiger partial charge < -0.3 is 4.98 Å². The number of hydrogen-bond acceptors (Lipinski definition) is 2. The first-order valence-electron chi connectivity index (χ1n) is 5.41. The first kappa shape index (κ1) is 11.7. The van der Waals surface area contributed by atoms with E-state index in [9.17, 15) is 0 Å². The summed E-state index contributed by atoms with van der Waals surface area (Å²) in [7, 11) is 0. The van der Waals surface area contributed by atoms with Crippen molar-refractivity contribution in [2.24, 2.45) is 0 Å². The van der Waals surface area contributed by atoms with Crippen LogP contribution < -0.4 is 0 Å². The monoisotopic (exact) mass is 321 g/mol. The lowest BCUT2D eigenvalue weighted by Gasteiger charge is -2.00. The average molecular weight is 323 g/mol. The number of aryl methyl sites for hydroxylation is 1. The molecule has 0 amide bonds. The molecule has 0 saturated carbocycles. The number of benzene rings is 1. The van der Waals surface area contributed by atoms with Crippen LogP contribution in [0.3, 0.4) is 0 Å². The van der Waals surface area contributed by atoms with E-state index >= 15 is 0 Å². The quantitative estimate of drug-likeness (QED) is 0.723. The highest BCUT2D eigenvalue weighted by Crippen LogP contribution is 2.25. The topological polar surface area (TPSA) is 41.6 Å². The number of rotatable bonds is 1. The number of aromatic nitrogens is 3. The summed E-state index contributed by atoms with van der Waals surface area (Å²) in [5.41, 5.74) is 3.67. The summed E-state index contributed by atoms with van der Waals surface area (Å²) in [6, 6.07) is 7.80. The van der Waals surface area contributed by atoms with Crippen molar-refractivity contribution in [3.8, 4) is 11.4 Å². The molecule has 1 aromatic carbocycles. The van der Waals surface area contributed by atoms with E-state index in [1.54, 1.807) is 6.20 Å². The highest BCUT2D eigenvalue weighted by atomic mass is 79.9. The van der Waals surface area contributed by atoms with Crippen LogP contribution in [0.4, 0.5) is 0 Å². The molecule has 0 atom stereocenters. The van der Waals surface area contributed by atoms with Crippen LogP contribution in [0.15, 0.2) is 34.9 Å². The zero-order valence-electron chi connectivity index (χ0n) is 9.54. The molecule has 3 aromatic rings. The van der Waals surface area contributed by atoms with Crippen LogP contribution in [-0.4, -0.2) is 15.0 Å². The maximum absolute atomic E-state index is 6.06. The SMILES string of the molecule is Cc1cc(Cl)cc(-c2nc3ncc(Br)cc3[nH]2)c1. The number of imidazole rings is 1. The predicted molar refractivity (Wildman–Crippen MR) is 76.8 cm³/mol. The van der Waals surface area contributed by atoms with E-state index in [0.717, 1.165) is 26.9 Å². The number of nitrogens with zero attached hydrogens (tertiary/aromatic N) is 2. The summed E-state index contributed by atoms with van der Waals surface area (Å²) in [6.45, 7) is 2.01. The number of aromatic amines is 1. The minimum Gasteiger partial charge on any atom is -0.337 e. The van der Waals surface area contributed by atoms with E-state index < -0.39 is 0 Å². The van der Waals surface area contributed by atoms with Crippen LogP contribution >= 0.6 is 27.5 Å². The van der Waals surface area contributed by atoms with Gasteiger partial charge in [-0.1, -0.05) is 11.6 Å². The minimum atomic E-state index is 0.700. The van der Waals surface area contributed by atoms with E-state index in [0.29, 0.717) is 10.7 Å². The fourth-order valence-corrected chi connectivity index (χ4v) is 2.51. The van der Waals surface area contributed by atoms with Crippen molar-refractivity contribution in [1.29, 1.82) is 0 Å². The van der Waals surface area contributed by atoms with Crippen molar-refractivity contribution in [3.63, 3.8) is 0 Å². The summed E-state index contributed by atoms with van der Waals surface area (Å²) in [5.74, 6) is 0.779. The first-order valence-corrected chi connectivity index (χ1v) is 6.58. The Morgan fingerprint density at radius 3 is 2.83 bits per heavy atom. The van der Waals surface area contributed by atoms with Crippen LogP contribution in [0.2, 0.25) is 5.02 Å². The normalized spacial score (nSPS) is 11.1. The summed E-state index contributed by atoms with van der Waals surface area (Å²) < 4.78 is 0.924. The molecule has 0 fully saturated rings. The Balaban J connectivity index is 2.19. The number of halogens is 2. The second-order valence-electron chi connectivity index (χ2n) is 4.13. The van der Waals surface area contributed by atoms with E-state index in [-0.39, 0.29) is 0 Å². The molecule has 90 valence electrons. The Labute approximate surface area is 117 Å². The molecule has 0 radical (unpaired) electrons. The van der Waals surface area contributed by atoms with Gasteiger partial charge in [0.1, 0.15) is 5.82 Å². The molecule has 18 heavy (non-hydrogen) atoms. The largest absolute Gasteiger partial charge is 0.337 e. The molecule has 0 saturated heterocycles. The molecule has 2 aromatic heterocycles. The van der Waals surface area contributed by atoms with Gasteiger partial charge in [-0.25, -0.2) is 9.97 Å². The van der Waals surface area contributed by atoms with Crippen molar-refractivity contribution in [1.82, 2.24) is 15.0 Å². The van der Waals surface area contributed by atoms with Gasteiger partial charge in [-0.2, -0.15) is 0 Å². The first-order chi connectivity index (χ1) is 8.61. The highest BCUT2D eigenvalue weighted by molar-refractivity contribution is 9.10. The summed E-state index contributed by atoms with van der Waals surface area (Å²) in [5, 5.41) is 0.708. The fourth-order valence-electron chi connectivity index (χ4n) is 1.88. The average Bonchev–Trinajstić information content (AvgIpc) is 2.70. The Hall–Kier alpha value is -1.39. The number of fused-ring (bicyclic) bond motifs is 1. The third-order valence-electron chi connectivity index (χ3n) is 2.62. The van der Waals surface area contributed by atoms with Crippen LogP contribution in [-0.2, 0) is 0 Å². The number of hydrogen-bond donors (Lipinski definition) is 1. The second-order valence-corrected chi connectivity index (χ2v) is 5.48. The Bertz CT molecular complexity index is 716. The Morgan fingerprint density at radius 2 is 2.06 bits per heavy atom. The zero-order chi connectivity index (χ0) is 12.7. The fraction of sp³-hybridized carbons (Fsp3) is 0.0769. The predicted octanol–water partition coefficient (Wildman–Crippen LogP) is 4.35. The number of H-pyrrole nitrogens is 1. The van der Waals surface area contributed by atoms with Crippen LogP contribution in [0.1, 0.15) is 5.56 Å². The lowest BCUT2D eigenvalue weighted by Crippen LogP contribution is -1.82. The van der Waals surface area contributed by atoms with Crippen LogP contribution in [0, 0.1) is 6.92 Å². The molecule has 0 aliphatic carbocycles. The van der Waals surface area contributed by atoms with Gasteiger partial charge in [0.25, 0.3) is 0 Å². The van der Waals surface area contributed by atoms with Gasteiger partial charge in [0.2, 0.25) is 0 Å². The van der Waals surface area contributed by atoms with Gasteiger partial charge in [0.05, 0.1) is 5.52 Å². The number of nitrogens with one attached hydrogen (secondary N) is 1. The van der Waals surface area contributed by atoms with Crippen molar-refractivity contribution >= 4 is 38.7 Å². The van der Waals surface area contributed by atoms with Crippen molar-refractivity contribution in [2.75, 3.05) is 0 Å². The minimum absolute atomic E-state index is 0.700. The van der Waals surface area contributed by atoms with E-state index in [2.05, 4.69) is 30.9 Å². The molecule has 5 heteroatoms. The van der Waals surface area contributed by atoms with Crippen molar-refractivity contribution < 1.29 is 0 Å². The summed E-state index contributed by atoms with van der Waals surface area (Å²) in [6.07, 6.45) is 1.73. The van der Waals surface area contributed by atoms with Gasteiger partial charge in [0, 0.05) is 21.3 Å². The Morgan fingerprint density at radius 1 is 1.22 bits per heavy atom. The molecule has 2 heterocycles. The molecule has 1 N–H and O–H groups in total. The molecule has 3 nitrogen and oxygen atoms in total. The molecule has 0 bridgehead atoms. The van der Waals surface area contributed by atoms with Gasteiger partial charge in [0.15, 0.2) is 5.65 Å². The molecule has 0 unspecified atom stereocenters. The molecular weight excluding hydrogens is 314 g/mol. The van der Waals surface area contributed by atoms with Gasteiger partial charge in [-0.3, -0.25) is 0 Å². The van der Waals surface area contributed by atoms with Gasteiger partial charge in [-0.15, -0.1) is 0 Å². The van der Waals surface area contributed by atoms with Crippen molar-refractivity contribution in [2.45, 2.75) is 6.92 Å². The third-order valence-corrected chi connectivity index (χ3v) is 3.27. The molecule has 0 aliphatic rings. The zero-order valence-corrected chi connectivity index (χ0v) is 11.9. The lowest BCUT2D eigenvalue weighted by atomic mass is 10.1. The van der Waals surface area contributed by atoms with Gasteiger partial charge in [-0.05, 0) is 52.7 Å². The molecular formula is C13H9BrClN3. The smallest absolute Gasteiger partial charge is 0.178 e. The van der Waals surface area contributed by atoms with E-state index in [1.165, 1.54) is 0 Å². The maximum atomic E-state index is 6.06. The summed E-state index contributed by atoms with van der Waals surface area (Å²) >= 11 is 9.45. The third kappa shape index (κ3) is 2.13. The maximum Gasteiger partial charge on any atom is 0.178 e. The molecule has 0 spiro atoms. The summed E-state index contributed by atoms with van der Waals surface area (Å²) in [4.78, 5) is 12.0. The van der Waals surface area contributed by atoms with Crippen LogP contribution in [0.25, 0.3) is 22.6 Å². The number of pyridine rings is 1. The molecule has 3 rings (SSSR count).